The number of hydrogen-bond donors (Lipinski definition) is 2. The lowest BCUT2D eigenvalue weighted by Gasteiger charge is -2.14. The summed E-state index contributed by atoms with van der Waals surface area (Å²) < 4.78 is 10.8. The van der Waals surface area contributed by atoms with E-state index in [9.17, 15) is 0 Å². The molecule has 0 saturated heterocycles. The van der Waals surface area contributed by atoms with Crippen molar-refractivity contribution in [2.24, 2.45) is 4.99 Å². The maximum absolute atomic E-state index is 5.69. The minimum Gasteiger partial charge on any atom is -0.497 e. The van der Waals surface area contributed by atoms with E-state index < -0.39 is 0 Å². The highest BCUT2D eigenvalue weighted by molar-refractivity contribution is 5.79. The number of methoxy groups -OCH3 is 1. The number of aliphatic imine (C=N–C) groups is 1. The zero-order chi connectivity index (χ0) is 16.9. The van der Waals surface area contributed by atoms with Crippen molar-refractivity contribution in [3.63, 3.8) is 0 Å². The van der Waals surface area contributed by atoms with Crippen LogP contribution in [-0.4, -0.2) is 64.3 Å². The molecular formula is C17H30N4O2. The summed E-state index contributed by atoms with van der Waals surface area (Å²) >= 11 is 0. The molecule has 1 aromatic carbocycles. The molecule has 1 aromatic rings. The highest BCUT2D eigenvalue weighted by Crippen LogP contribution is 2.16. The average molecular weight is 322 g/mol. The summed E-state index contributed by atoms with van der Waals surface area (Å²) in [6.07, 6.45) is 0. The van der Waals surface area contributed by atoms with Gasteiger partial charge in [-0.15, -0.1) is 0 Å². The maximum atomic E-state index is 5.69. The van der Waals surface area contributed by atoms with Gasteiger partial charge in [-0.05, 0) is 44.8 Å². The van der Waals surface area contributed by atoms with Gasteiger partial charge in [0.15, 0.2) is 5.96 Å². The molecule has 23 heavy (non-hydrogen) atoms. The number of nitrogens with one attached hydrogen (secondary N) is 2. The summed E-state index contributed by atoms with van der Waals surface area (Å²) in [5, 5.41) is 6.51. The third-order valence-electron chi connectivity index (χ3n) is 3.36. The van der Waals surface area contributed by atoms with E-state index in [1.165, 1.54) is 0 Å². The van der Waals surface area contributed by atoms with E-state index in [0.29, 0.717) is 13.2 Å². The van der Waals surface area contributed by atoms with Crippen LogP contribution in [0.15, 0.2) is 29.3 Å². The van der Waals surface area contributed by atoms with Gasteiger partial charge in [0.2, 0.25) is 0 Å². The molecule has 0 saturated carbocycles. The van der Waals surface area contributed by atoms with Crippen molar-refractivity contribution in [2.75, 3.05) is 53.5 Å². The first kappa shape index (κ1) is 19.1. The molecule has 0 aromatic heterocycles. The Bertz CT molecular complexity index is 448. The van der Waals surface area contributed by atoms with E-state index in [1.54, 1.807) is 7.11 Å². The van der Waals surface area contributed by atoms with E-state index in [4.69, 9.17) is 9.47 Å². The number of rotatable bonds is 10. The fraction of sp³-hybridized carbons (Fsp3) is 0.588. The number of hydrogen-bond acceptors (Lipinski definition) is 4. The molecule has 2 N–H and O–H groups in total. The number of ether oxygens (including phenoxy) is 2. The SMILES string of the molecule is CCNC(=NCCN(C)CC)NCCOc1ccc(OC)cc1. The summed E-state index contributed by atoms with van der Waals surface area (Å²) in [5.41, 5.74) is 0. The maximum Gasteiger partial charge on any atom is 0.191 e. The van der Waals surface area contributed by atoms with Gasteiger partial charge in [-0.25, -0.2) is 0 Å². The second kappa shape index (κ2) is 11.6. The van der Waals surface area contributed by atoms with Gasteiger partial charge in [0.1, 0.15) is 18.1 Å². The standard InChI is InChI=1S/C17H30N4O2/c1-5-18-17(19-11-13-21(3)6-2)20-12-14-23-16-9-7-15(22-4)8-10-16/h7-10H,5-6,11-14H2,1-4H3,(H2,18,19,20). The van der Waals surface area contributed by atoms with Crippen molar-refractivity contribution in [1.82, 2.24) is 15.5 Å². The molecule has 0 aliphatic rings. The summed E-state index contributed by atoms with van der Waals surface area (Å²) in [6, 6.07) is 7.58. The predicted octanol–water partition coefficient (Wildman–Crippen LogP) is 1.58. The fourth-order valence-electron chi connectivity index (χ4n) is 1.84. The highest BCUT2D eigenvalue weighted by Gasteiger charge is 1.99. The van der Waals surface area contributed by atoms with Crippen molar-refractivity contribution >= 4 is 5.96 Å². The number of guanidine groups is 1. The summed E-state index contributed by atoms with van der Waals surface area (Å²) in [6.45, 7) is 9.08. The van der Waals surface area contributed by atoms with Crippen LogP contribution in [0.25, 0.3) is 0 Å². The lowest BCUT2D eigenvalue weighted by atomic mass is 10.3. The van der Waals surface area contributed by atoms with Crippen LogP contribution in [0.1, 0.15) is 13.8 Å². The van der Waals surface area contributed by atoms with Gasteiger partial charge in [-0.2, -0.15) is 0 Å². The minimum absolute atomic E-state index is 0.575. The Kier molecular flexibility index (Phi) is 9.63. The molecule has 0 fully saturated rings. The van der Waals surface area contributed by atoms with Gasteiger partial charge < -0.3 is 25.0 Å². The second-order valence-corrected chi connectivity index (χ2v) is 5.11. The molecule has 0 atom stereocenters. The van der Waals surface area contributed by atoms with Gasteiger partial charge in [-0.3, -0.25) is 4.99 Å². The minimum atomic E-state index is 0.575. The average Bonchev–Trinajstić information content (AvgIpc) is 2.58. The smallest absolute Gasteiger partial charge is 0.191 e. The largest absolute Gasteiger partial charge is 0.497 e. The molecule has 130 valence electrons. The van der Waals surface area contributed by atoms with Crippen LogP contribution in [-0.2, 0) is 0 Å². The zero-order valence-corrected chi connectivity index (χ0v) is 14.8. The Morgan fingerprint density at radius 1 is 1.13 bits per heavy atom. The summed E-state index contributed by atoms with van der Waals surface area (Å²) in [5.74, 6) is 2.49. The van der Waals surface area contributed by atoms with Crippen LogP contribution < -0.4 is 20.1 Å². The van der Waals surface area contributed by atoms with Crippen molar-refractivity contribution < 1.29 is 9.47 Å². The number of likely N-dealkylation sites (N-methyl/N-ethyl adjacent to an activating group) is 1. The van der Waals surface area contributed by atoms with Crippen molar-refractivity contribution in [3.05, 3.63) is 24.3 Å². The van der Waals surface area contributed by atoms with E-state index in [2.05, 4.69) is 41.4 Å². The van der Waals surface area contributed by atoms with Crippen molar-refractivity contribution in [2.45, 2.75) is 13.8 Å². The van der Waals surface area contributed by atoms with Crippen LogP contribution in [0.3, 0.4) is 0 Å². The first-order chi connectivity index (χ1) is 11.2. The molecule has 6 heteroatoms. The lowest BCUT2D eigenvalue weighted by Crippen LogP contribution is -2.39. The van der Waals surface area contributed by atoms with Gasteiger partial charge in [0, 0.05) is 13.1 Å². The lowest BCUT2D eigenvalue weighted by molar-refractivity contribution is 0.321. The first-order valence-electron chi connectivity index (χ1n) is 8.17. The molecule has 1 rings (SSSR count). The molecule has 0 aliphatic carbocycles. The predicted molar refractivity (Wildman–Crippen MR) is 95.6 cm³/mol. The molecule has 0 spiro atoms. The first-order valence-corrected chi connectivity index (χ1v) is 8.17. The van der Waals surface area contributed by atoms with Crippen LogP contribution >= 0.6 is 0 Å². The van der Waals surface area contributed by atoms with Gasteiger partial charge in [0.25, 0.3) is 0 Å². The van der Waals surface area contributed by atoms with Gasteiger partial charge in [0.05, 0.1) is 20.2 Å². The van der Waals surface area contributed by atoms with E-state index in [0.717, 1.165) is 43.6 Å². The van der Waals surface area contributed by atoms with E-state index in [-0.39, 0.29) is 0 Å². The molecule has 0 amide bonds. The summed E-state index contributed by atoms with van der Waals surface area (Å²) in [7, 11) is 3.75. The van der Waals surface area contributed by atoms with E-state index >= 15 is 0 Å². The molecular weight excluding hydrogens is 292 g/mol. The van der Waals surface area contributed by atoms with Crippen LogP contribution in [0.4, 0.5) is 0 Å². The highest BCUT2D eigenvalue weighted by atomic mass is 16.5. The molecule has 0 aliphatic heterocycles. The second-order valence-electron chi connectivity index (χ2n) is 5.11. The Labute approximate surface area is 139 Å². The Hall–Kier alpha value is -1.95. The molecule has 0 heterocycles. The molecule has 0 radical (unpaired) electrons. The Balaban J connectivity index is 2.29. The summed E-state index contributed by atoms with van der Waals surface area (Å²) in [4.78, 5) is 6.79. The van der Waals surface area contributed by atoms with E-state index in [1.807, 2.05) is 24.3 Å². The monoisotopic (exact) mass is 322 g/mol. The topological polar surface area (TPSA) is 58.1 Å². The van der Waals surface area contributed by atoms with Gasteiger partial charge in [-0.1, -0.05) is 6.92 Å². The zero-order valence-electron chi connectivity index (χ0n) is 14.8. The normalized spacial score (nSPS) is 11.4. The number of nitrogens with zero attached hydrogens (tertiary/aromatic N) is 2. The fourth-order valence-corrected chi connectivity index (χ4v) is 1.84. The molecule has 0 bridgehead atoms. The third-order valence-corrected chi connectivity index (χ3v) is 3.36. The van der Waals surface area contributed by atoms with Crippen LogP contribution in [0.5, 0.6) is 11.5 Å². The Morgan fingerprint density at radius 3 is 2.43 bits per heavy atom. The van der Waals surface area contributed by atoms with Crippen molar-refractivity contribution in [1.29, 1.82) is 0 Å². The third kappa shape index (κ3) is 8.30. The molecule has 0 unspecified atom stereocenters. The molecule has 6 nitrogen and oxygen atoms in total. The van der Waals surface area contributed by atoms with Crippen LogP contribution in [0, 0.1) is 0 Å². The van der Waals surface area contributed by atoms with Gasteiger partial charge >= 0.3 is 0 Å². The number of benzene rings is 1. The van der Waals surface area contributed by atoms with Crippen molar-refractivity contribution in [3.8, 4) is 11.5 Å². The quantitative estimate of drug-likeness (QED) is 0.389. The van der Waals surface area contributed by atoms with Crippen LogP contribution in [0.2, 0.25) is 0 Å². The Morgan fingerprint density at radius 2 is 1.83 bits per heavy atom.